The molecule has 2 heteroatoms. The number of nitrogens with one attached hydrogen (secondary N) is 1. The summed E-state index contributed by atoms with van der Waals surface area (Å²) >= 11 is 0. The first-order valence-electron chi connectivity index (χ1n) is 4.85. The molecule has 0 saturated carbocycles. The Hall–Kier alpha value is -0.890. The summed E-state index contributed by atoms with van der Waals surface area (Å²) in [6.07, 6.45) is 6.24. The van der Waals surface area contributed by atoms with Crippen molar-refractivity contribution in [3.05, 3.63) is 30.1 Å². The molecule has 2 rings (SSSR count). The van der Waals surface area contributed by atoms with E-state index in [9.17, 15) is 0 Å². The molecule has 0 aromatic carbocycles. The van der Waals surface area contributed by atoms with Crippen molar-refractivity contribution in [3.63, 3.8) is 0 Å². The van der Waals surface area contributed by atoms with Crippen molar-refractivity contribution in [2.75, 3.05) is 0 Å². The van der Waals surface area contributed by atoms with E-state index in [1.165, 1.54) is 18.4 Å². The monoisotopic (exact) mass is 176 g/mol. The van der Waals surface area contributed by atoms with Gasteiger partial charge in [0.1, 0.15) is 0 Å². The third kappa shape index (κ3) is 1.89. The van der Waals surface area contributed by atoms with Crippen molar-refractivity contribution in [2.24, 2.45) is 0 Å². The summed E-state index contributed by atoms with van der Waals surface area (Å²) in [5, 5.41) is 3.61. The van der Waals surface area contributed by atoms with Gasteiger partial charge in [0.2, 0.25) is 0 Å². The summed E-state index contributed by atoms with van der Waals surface area (Å²) in [6, 6.07) is 4.65. The first-order chi connectivity index (χ1) is 6.17. The SMILES string of the molecule is CC1(C)CCC(c2cccnc2)N1. The molecule has 2 nitrogen and oxygen atoms in total. The highest BCUT2D eigenvalue weighted by Gasteiger charge is 2.30. The molecule has 1 saturated heterocycles. The number of pyridine rings is 1. The van der Waals surface area contributed by atoms with Gasteiger partial charge in [-0.15, -0.1) is 0 Å². The third-order valence-electron chi connectivity index (χ3n) is 2.71. The van der Waals surface area contributed by atoms with E-state index in [1.54, 1.807) is 0 Å². The van der Waals surface area contributed by atoms with Crippen LogP contribution in [0.5, 0.6) is 0 Å². The number of rotatable bonds is 1. The normalized spacial score (nSPS) is 26.2. The first-order valence-corrected chi connectivity index (χ1v) is 4.85. The van der Waals surface area contributed by atoms with Gasteiger partial charge in [0.25, 0.3) is 0 Å². The lowest BCUT2D eigenvalue weighted by molar-refractivity contribution is 0.432. The van der Waals surface area contributed by atoms with E-state index in [0.717, 1.165) is 0 Å². The highest BCUT2D eigenvalue weighted by atomic mass is 15.0. The van der Waals surface area contributed by atoms with Gasteiger partial charge in [-0.3, -0.25) is 4.98 Å². The molecule has 0 spiro atoms. The van der Waals surface area contributed by atoms with Gasteiger partial charge in [0.15, 0.2) is 0 Å². The summed E-state index contributed by atoms with van der Waals surface area (Å²) in [6.45, 7) is 4.51. The largest absolute Gasteiger partial charge is 0.305 e. The van der Waals surface area contributed by atoms with Gasteiger partial charge >= 0.3 is 0 Å². The smallest absolute Gasteiger partial charge is 0.0340 e. The molecule has 1 atom stereocenters. The third-order valence-corrected chi connectivity index (χ3v) is 2.71. The molecule has 1 aromatic heterocycles. The van der Waals surface area contributed by atoms with E-state index in [1.807, 2.05) is 18.5 Å². The lowest BCUT2D eigenvalue weighted by Gasteiger charge is -2.20. The molecule has 1 aromatic rings. The molecule has 2 heterocycles. The lowest BCUT2D eigenvalue weighted by atomic mass is 10.0. The second-order valence-corrected chi connectivity index (χ2v) is 4.41. The highest BCUT2D eigenvalue weighted by molar-refractivity contribution is 5.16. The predicted octanol–water partition coefficient (Wildman–Crippen LogP) is 2.28. The van der Waals surface area contributed by atoms with Crippen molar-refractivity contribution in [3.8, 4) is 0 Å². The number of hydrogen-bond donors (Lipinski definition) is 1. The molecule has 1 unspecified atom stereocenters. The van der Waals surface area contributed by atoms with Crippen LogP contribution in [-0.2, 0) is 0 Å². The molecular weight excluding hydrogens is 160 g/mol. The van der Waals surface area contributed by atoms with E-state index in [2.05, 4.69) is 30.2 Å². The Morgan fingerprint density at radius 2 is 2.38 bits per heavy atom. The predicted molar refractivity (Wildman–Crippen MR) is 53.4 cm³/mol. The molecule has 0 amide bonds. The maximum atomic E-state index is 4.14. The number of aromatic nitrogens is 1. The molecule has 1 aliphatic rings. The van der Waals surface area contributed by atoms with Crippen LogP contribution in [0.15, 0.2) is 24.5 Å². The minimum atomic E-state index is 0.292. The van der Waals surface area contributed by atoms with E-state index < -0.39 is 0 Å². The second-order valence-electron chi connectivity index (χ2n) is 4.41. The Kier molecular flexibility index (Phi) is 2.08. The molecule has 70 valence electrons. The Bertz CT molecular complexity index is 279. The molecule has 1 fully saturated rings. The Morgan fingerprint density at radius 3 is 2.92 bits per heavy atom. The molecule has 1 N–H and O–H groups in total. The van der Waals surface area contributed by atoms with E-state index >= 15 is 0 Å². The van der Waals surface area contributed by atoms with E-state index in [4.69, 9.17) is 0 Å². The highest BCUT2D eigenvalue weighted by Crippen LogP contribution is 2.31. The molecule has 0 radical (unpaired) electrons. The Balaban J connectivity index is 2.13. The number of hydrogen-bond acceptors (Lipinski definition) is 2. The zero-order valence-corrected chi connectivity index (χ0v) is 8.25. The van der Waals surface area contributed by atoms with Crippen molar-refractivity contribution in [2.45, 2.75) is 38.3 Å². The maximum Gasteiger partial charge on any atom is 0.0340 e. The van der Waals surface area contributed by atoms with Gasteiger partial charge in [-0.2, -0.15) is 0 Å². The number of nitrogens with zero attached hydrogens (tertiary/aromatic N) is 1. The van der Waals surface area contributed by atoms with Crippen molar-refractivity contribution in [1.82, 2.24) is 10.3 Å². The Morgan fingerprint density at radius 1 is 1.54 bits per heavy atom. The van der Waals surface area contributed by atoms with Crippen molar-refractivity contribution in [1.29, 1.82) is 0 Å². The van der Waals surface area contributed by atoms with Crippen LogP contribution in [0.1, 0.15) is 38.3 Å². The zero-order chi connectivity index (χ0) is 9.31. The minimum Gasteiger partial charge on any atom is -0.305 e. The van der Waals surface area contributed by atoms with Gasteiger partial charge in [0.05, 0.1) is 0 Å². The van der Waals surface area contributed by atoms with Crippen LogP contribution in [0.4, 0.5) is 0 Å². The summed E-state index contributed by atoms with van der Waals surface area (Å²) in [4.78, 5) is 4.14. The molecule has 0 aliphatic carbocycles. The first kappa shape index (κ1) is 8.70. The summed E-state index contributed by atoms with van der Waals surface area (Å²) < 4.78 is 0. The lowest BCUT2D eigenvalue weighted by Crippen LogP contribution is -2.33. The summed E-state index contributed by atoms with van der Waals surface area (Å²) in [5.74, 6) is 0. The van der Waals surface area contributed by atoms with Crippen LogP contribution < -0.4 is 5.32 Å². The van der Waals surface area contributed by atoms with Crippen molar-refractivity contribution < 1.29 is 0 Å². The second kappa shape index (κ2) is 3.11. The molecule has 0 bridgehead atoms. The zero-order valence-electron chi connectivity index (χ0n) is 8.25. The van der Waals surface area contributed by atoms with E-state index in [0.29, 0.717) is 11.6 Å². The van der Waals surface area contributed by atoms with E-state index in [-0.39, 0.29) is 0 Å². The maximum absolute atomic E-state index is 4.14. The molecule has 13 heavy (non-hydrogen) atoms. The summed E-state index contributed by atoms with van der Waals surface area (Å²) in [7, 11) is 0. The fourth-order valence-corrected chi connectivity index (χ4v) is 1.95. The van der Waals surface area contributed by atoms with Gasteiger partial charge < -0.3 is 5.32 Å². The van der Waals surface area contributed by atoms with Crippen LogP contribution >= 0.6 is 0 Å². The van der Waals surface area contributed by atoms with Crippen LogP contribution in [0.25, 0.3) is 0 Å². The fourth-order valence-electron chi connectivity index (χ4n) is 1.95. The fraction of sp³-hybridized carbons (Fsp3) is 0.545. The Labute approximate surface area is 79.4 Å². The van der Waals surface area contributed by atoms with Crippen LogP contribution in [-0.4, -0.2) is 10.5 Å². The van der Waals surface area contributed by atoms with Crippen LogP contribution in [0.2, 0.25) is 0 Å². The standard InChI is InChI=1S/C11H16N2/c1-11(2)6-5-10(13-11)9-4-3-7-12-8-9/h3-4,7-8,10,13H,5-6H2,1-2H3. The van der Waals surface area contributed by atoms with Gasteiger partial charge in [-0.1, -0.05) is 6.07 Å². The van der Waals surface area contributed by atoms with Crippen LogP contribution in [0, 0.1) is 0 Å². The molecule has 1 aliphatic heterocycles. The van der Waals surface area contributed by atoms with Gasteiger partial charge in [-0.25, -0.2) is 0 Å². The average Bonchev–Trinajstić information content (AvgIpc) is 2.48. The van der Waals surface area contributed by atoms with Gasteiger partial charge in [-0.05, 0) is 38.3 Å². The topological polar surface area (TPSA) is 24.9 Å². The minimum absolute atomic E-state index is 0.292. The van der Waals surface area contributed by atoms with Crippen LogP contribution in [0.3, 0.4) is 0 Å². The summed E-state index contributed by atoms with van der Waals surface area (Å²) in [5.41, 5.74) is 1.61. The quantitative estimate of drug-likeness (QED) is 0.710. The average molecular weight is 176 g/mol. The molecular formula is C11H16N2. The van der Waals surface area contributed by atoms with Gasteiger partial charge in [0, 0.05) is 24.0 Å². The van der Waals surface area contributed by atoms with Crippen molar-refractivity contribution >= 4 is 0 Å².